The van der Waals surface area contributed by atoms with Gasteiger partial charge < -0.3 is 20.1 Å². The molecule has 1 aliphatic rings. The number of hydrogen-bond acceptors (Lipinski definition) is 4. The lowest BCUT2D eigenvalue weighted by Crippen LogP contribution is -2.21. The van der Waals surface area contributed by atoms with Crippen LogP contribution in [-0.2, 0) is 9.59 Å². The number of carbonyl (C=O) groups is 2. The maximum atomic E-state index is 12.2. The van der Waals surface area contributed by atoms with Gasteiger partial charge in [-0.15, -0.1) is 0 Å². The van der Waals surface area contributed by atoms with E-state index in [-0.39, 0.29) is 24.3 Å². The molecule has 0 radical (unpaired) electrons. The van der Waals surface area contributed by atoms with Gasteiger partial charge in [-0.2, -0.15) is 0 Å². The molecular formula is C21H24N2O4. The molecule has 1 fully saturated rings. The van der Waals surface area contributed by atoms with Crippen molar-refractivity contribution in [2.75, 3.05) is 24.4 Å². The van der Waals surface area contributed by atoms with Crippen LogP contribution in [0.5, 0.6) is 11.5 Å². The molecule has 142 valence electrons. The fourth-order valence-corrected chi connectivity index (χ4v) is 3.19. The summed E-state index contributed by atoms with van der Waals surface area (Å²) in [5.41, 5.74) is 1.28. The Morgan fingerprint density at radius 2 is 1.63 bits per heavy atom. The topological polar surface area (TPSA) is 76.7 Å². The second kappa shape index (κ2) is 9.07. The number of para-hydroxylation sites is 2. The minimum absolute atomic E-state index is 0.0514. The van der Waals surface area contributed by atoms with E-state index in [0.717, 1.165) is 25.7 Å². The molecule has 27 heavy (non-hydrogen) atoms. The second-order valence-electron chi connectivity index (χ2n) is 6.54. The molecule has 3 rings (SSSR count). The molecule has 0 unspecified atom stereocenters. The van der Waals surface area contributed by atoms with Crippen molar-refractivity contribution in [3.05, 3.63) is 48.5 Å². The second-order valence-corrected chi connectivity index (χ2v) is 6.54. The molecule has 2 aromatic rings. The molecule has 0 aromatic heterocycles. The van der Waals surface area contributed by atoms with Gasteiger partial charge in [0.15, 0.2) is 18.1 Å². The number of amides is 2. The maximum absolute atomic E-state index is 12.2. The lowest BCUT2D eigenvalue weighted by atomic mass is 10.1. The Bertz CT molecular complexity index is 800. The van der Waals surface area contributed by atoms with E-state index in [1.54, 1.807) is 37.4 Å². The summed E-state index contributed by atoms with van der Waals surface area (Å²) in [6.07, 6.45) is 4.12. The quantitative estimate of drug-likeness (QED) is 0.778. The van der Waals surface area contributed by atoms with E-state index in [1.165, 1.54) is 0 Å². The molecule has 0 aliphatic heterocycles. The van der Waals surface area contributed by atoms with Gasteiger partial charge in [-0.25, -0.2) is 0 Å². The van der Waals surface area contributed by atoms with E-state index < -0.39 is 0 Å². The molecule has 6 nitrogen and oxygen atoms in total. The van der Waals surface area contributed by atoms with Crippen LogP contribution in [0, 0.1) is 5.92 Å². The molecule has 0 atom stereocenters. The van der Waals surface area contributed by atoms with E-state index in [1.807, 2.05) is 18.2 Å². The number of nitrogens with one attached hydrogen (secondary N) is 2. The van der Waals surface area contributed by atoms with Gasteiger partial charge in [-0.1, -0.05) is 31.0 Å². The summed E-state index contributed by atoms with van der Waals surface area (Å²) < 4.78 is 10.7. The van der Waals surface area contributed by atoms with Crippen LogP contribution in [0.3, 0.4) is 0 Å². The van der Waals surface area contributed by atoms with E-state index >= 15 is 0 Å². The molecule has 0 bridgehead atoms. The average Bonchev–Trinajstić information content (AvgIpc) is 3.22. The normalized spacial score (nSPS) is 13.8. The van der Waals surface area contributed by atoms with E-state index in [4.69, 9.17) is 9.47 Å². The zero-order chi connectivity index (χ0) is 19.1. The van der Waals surface area contributed by atoms with Crippen molar-refractivity contribution in [1.29, 1.82) is 0 Å². The average molecular weight is 368 g/mol. The van der Waals surface area contributed by atoms with Gasteiger partial charge >= 0.3 is 0 Å². The summed E-state index contributed by atoms with van der Waals surface area (Å²) in [7, 11) is 1.55. The fraction of sp³-hybridized carbons (Fsp3) is 0.333. The third kappa shape index (κ3) is 5.23. The van der Waals surface area contributed by atoms with E-state index in [9.17, 15) is 9.59 Å². The fourth-order valence-electron chi connectivity index (χ4n) is 3.19. The van der Waals surface area contributed by atoms with Crippen molar-refractivity contribution in [2.24, 2.45) is 5.92 Å². The van der Waals surface area contributed by atoms with Crippen molar-refractivity contribution in [1.82, 2.24) is 0 Å². The van der Waals surface area contributed by atoms with Crippen LogP contribution >= 0.6 is 0 Å². The highest BCUT2D eigenvalue weighted by molar-refractivity contribution is 5.95. The minimum atomic E-state index is -0.292. The predicted octanol–water partition coefficient (Wildman–Crippen LogP) is 3.84. The number of hydrogen-bond donors (Lipinski definition) is 2. The van der Waals surface area contributed by atoms with Gasteiger partial charge in [0.2, 0.25) is 5.91 Å². The Morgan fingerprint density at radius 3 is 2.33 bits per heavy atom. The zero-order valence-corrected chi connectivity index (χ0v) is 15.4. The van der Waals surface area contributed by atoms with Crippen LogP contribution in [0.25, 0.3) is 0 Å². The maximum Gasteiger partial charge on any atom is 0.262 e. The van der Waals surface area contributed by atoms with Crippen LogP contribution < -0.4 is 20.1 Å². The minimum Gasteiger partial charge on any atom is -0.493 e. The van der Waals surface area contributed by atoms with Crippen LogP contribution in [0.2, 0.25) is 0 Å². The lowest BCUT2D eigenvalue weighted by molar-refractivity contribution is -0.119. The third-order valence-corrected chi connectivity index (χ3v) is 4.57. The summed E-state index contributed by atoms with van der Waals surface area (Å²) in [6, 6.07) is 14.3. The van der Waals surface area contributed by atoms with Crippen LogP contribution in [-0.4, -0.2) is 25.5 Å². The first kappa shape index (κ1) is 18.8. The van der Waals surface area contributed by atoms with Crippen LogP contribution in [0.4, 0.5) is 11.4 Å². The third-order valence-electron chi connectivity index (χ3n) is 4.57. The van der Waals surface area contributed by atoms with Crippen LogP contribution in [0.1, 0.15) is 25.7 Å². The zero-order valence-electron chi connectivity index (χ0n) is 15.4. The number of rotatable bonds is 7. The molecule has 2 amide bonds. The SMILES string of the molecule is COc1ccccc1OCC(=O)Nc1cccc(NC(=O)C2CCCC2)c1. The van der Waals surface area contributed by atoms with Crippen molar-refractivity contribution < 1.29 is 19.1 Å². The summed E-state index contributed by atoms with van der Waals surface area (Å²) >= 11 is 0. The smallest absolute Gasteiger partial charge is 0.262 e. The Kier molecular flexibility index (Phi) is 6.30. The van der Waals surface area contributed by atoms with Gasteiger partial charge in [-0.05, 0) is 43.2 Å². The highest BCUT2D eigenvalue weighted by Crippen LogP contribution is 2.27. The van der Waals surface area contributed by atoms with Gasteiger partial charge in [0, 0.05) is 17.3 Å². The first-order chi connectivity index (χ1) is 13.2. The first-order valence-electron chi connectivity index (χ1n) is 9.12. The number of benzene rings is 2. The molecule has 1 aliphatic carbocycles. The molecule has 2 aromatic carbocycles. The highest BCUT2D eigenvalue weighted by atomic mass is 16.5. The number of methoxy groups -OCH3 is 1. The Labute approximate surface area is 158 Å². The molecular weight excluding hydrogens is 344 g/mol. The van der Waals surface area contributed by atoms with Crippen molar-refractivity contribution in [2.45, 2.75) is 25.7 Å². The summed E-state index contributed by atoms with van der Waals surface area (Å²) in [4.78, 5) is 24.4. The standard InChI is InChI=1S/C21H24N2O4/c1-26-18-11-4-5-12-19(18)27-14-20(24)22-16-9-6-10-17(13-16)23-21(25)15-7-2-3-8-15/h4-6,9-13,15H,2-3,7-8,14H2,1H3,(H,22,24)(H,23,25). The van der Waals surface area contributed by atoms with Crippen molar-refractivity contribution >= 4 is 23.2 Å². The summed E-state index contributed by atoms with van der Waals surface area (Å²) in [5, 5.41) is 5.71. The Morgan fingerprint density at radius 1 is 0.963 bits per heavy atom. The lowest BCUT2D eigenvalue weighted by Gasteiger charge is -2.13. The Hall–Kier alpha value is -3.02. The van der Waals surface area contributed by atoms with E-state index in [2.05, 4.69) is 10.6 Å². The summed E-state index contributed by atoms with van der Waals surface area (Å²) in [6.45, 7) is -0.140. The van der Waals surface area contributed by atoms with Crippen molar-refractivity contribution in [3.8, 4) is 11.5 Å². The molecule has 0 heterocycles. The first-order valence-corrected chi connectivity index (χ1v) is 9.12. The molecule has 2 N–H and O–H groups in total. The predicted molar refractivity (Wildman–Crippen MR) is 104 cm³/mol. The summed E-state index contributed by atoms with van der Waals surface area (Å²) in [5.74, 6) is 0.933. The molecule has 0 saturated heterocycles. The Balaban J connectivity index is 1.54. The highest BCUT2D eigenvalue weighted by Gasteiger charge is 2.22. The number of carbonyl (C=O) groups excluding carboxylic acids is 2. The van der Waals surface area contributed by atoms with E-state index in [0.29, 0.717) is 22.9 Å². The monoisotopic (exact) mass is 368 g/mol. The van der Waals surface area contributed by atoms with Gasteiger partial charge in [0.1, 0.15) is 0 Å². The molecule has 1 saturated carbocycles. The van der Waals surface area contributed by atoms with Crippen LogP contribution in [0.15, 0.2) is 48.5 Å². The van der Waals surface area contributed by atoms with Gasteiger partial charge in [-0.3, -0.25) is 9.59 Å². The largest absolute Gasteiger partial charge is 0.493 e. The number of anilines is 2. The van der Waals surface area contributed by atoms with Crippen molar-refractivity contribution in [3.63, 3.8) is 0 Å². The molecule has 0 spiro atoms. The van der Waals surface area contributed by atoms with Gasteiger partial charge in [0.25, 0.3) is 5.91 Å². The number of ether oxygens (including phenoxy) is 2. The molecule has 6 heteroatoms. The van der Waals surface area contributed by atoms with Gasteiger partial charge in [0.05, 0.1) is 7.11 Å².